The molecule has 0 aliphatic carbocycles. The lowest BCUT2D eigenvalue weighted by Gasteiger charge is -2.00. The molecule has 2 nitrogen and oxygen atoms in total. The Hall–Kier alpha value is -0.650. The zero-order valence-electron chi connectivity index (χ0n) is 9.57. The standard InChI is InChI=1S/C13H10Br2O2S/c1-3-12-10(6-8(2)14)11-7-9(15)4-5-13(11)18(12,16)17/h3-7H,2H2,1H3/b10-6?,12-3+. The number of rotatable bonds is 1. The molecule has 0 saturated carbocycles. The minimum Gasteiger partial charge on any atom is -0.218 e. The molecule has 1 aromatic rings. The van der Waals surface area contributed by atoms with Gasteiger partial charge in [-0.1, -0.05) is 44.5 Å². The molecule has 1 aromatic carbocycles. The van der Waals surface area contributed by atoms with Crippen LogP contribution in [0.25, 0.3) is 5.57 Å². The van der Waals surface area contributed by atoms with Gasteiger partial charge in [-0.05, 0) is 31.2 Å². The van der Waals surface area contributed by atoms with Crippen LogP contribution in [0.2, 0.25) is 0 Å². The maximum absolute atomic E-state index is 12.3. The SMILES string of the molecule is C=C(Br)C=C1/C(=C\C)S(=O)(=O)c2ccc(Br)cc21. The zero-order valence-corrected chi connectivity index (χ0v) is 13.6. The third-order valence-corrected chi connectivity index (χ3v) is 5.33. The smallest absolute Gasteiger partial charge is 0.207 e. The maximum Gasteiger partial charge on any atom is 0.207 e. The molecule has 0 amide bonds. The molecule has 1 aliphatic rings. The van der Waals surface area contributed by atoms with E-state index in [0.717, 1.165) is 4.47 Å². The van der Waals surface area contributed by atoms with Crippen molar-refractivity contribution in [2.24, 2.45) is 0 Å². The normalized spacial score (nSPS) is 21.3. The van der Waals surface area contributed by atoms with Crippen LogP contribution in [0.3, 0.4) is 0 Å². The summed E-state index contributed by atoms with van der Waals surface area (Å²) in [5.74, 6) is 0. The van der Waals surface area contributed by atoms with Crippen LogP contribution in [-0.2, 0) is 9.84 Å². The van der Waals surface area contributed by atoms with E-state index in [-0.39, 0.29) is 0 Å². The lowest BCUT2D eigenvalue weighted by molar-refractivity contribution is 0.604. The molecule has 0 saturated heterocycles. The predicted octanol–water partition coefficient (Wildman–Crippen LogP) is 4.43. The molecule has 0 aromatic heterocycles. The molecule has 0 fully saturated rings. The van der Waals surface area contributed by atoms with Crippen molar-refractivity contribution in [3.05, 3.63) is 56.4 Å². The van der Waals surface area contributed by atoms with Gasteiger partial charge in [-0.3, -0.25) is 0 Å². The van der Waals surface area contributed by atoms with Crippen LogP contribution in [0.1, 0.15) is 12.5 Å². The fourth-order valence-electron chi connectivity index (χ4n) is 1.96. The third-order valence-electron chi connectivity index (χ3n) is 2.64. The first-order valence-electron chi connectivity index (χ1n) is 5.15. The summed E-state index contributed by atoms with van der Waals surface area (Å²) in [7, 11) is -3.40. The van der Waals surface area contributed by atoms with E-state index < -0.39 is 9.84 Å². The Bertz CT molecular complexity index is 698. The monoisotopic (exact) mass is 388 g/mol. The Morgan fingerprint density at radius 3 is 2.61 bits per heavy atom. The number of halogens is 2. The van der Waals surface area contributed by atoms with Crippen molar-refractivity contribution in [2.45, 2.75) is 11.8 Å². The van der Waals surface area contributed by atoms with Crippen molar-refractivity contribution >= 4 is 47.3 Å². The first kappa shape index (κ1) is 13.8. The molecule has 0 spiro atoms. The van der Waals surface area contributed by atoms with Gasteiger partial charge in [0, 0.05) is 20.1 Å². The number of hydrogen-bond donors (Lipinski definition) is 0. The summed E-state index contributed by atoms with van der Waals surface area (Å²) in [6, 6.07) is 5.16. The number of fused-ring (bicyclic) bond motifs is 1. The van der Waals surface area contributed by atoms with Gasteiger partial charge in [0.15, 0.2) is 0 Å². The highest BCUT2D eigenvalue weighted by Gasteiger charge is 2.35. The van der Waals surface area contributed by atoms with Gasteiger partial charge in [0.25, 0.3) is 0 Å². The Balaban J connectivity index is 2.86. The second-order valence-electron chi connectivity index (χ2n) is 3.80. The largest absolute Gasteiger partial charge is 0.218 e. The lowest BCUT2D eigenvalue weighted by Crippen LogP contribution is -1.96. The van der Waals surface area contributed by atoms with Gasteiger partial charge in [0.05, 0.1) is 9.80 Å². The third kappa shape index (κ3) is 2.15. The van der Waals surface area contributed by atoms with Crippen LogP contribution in [-0.4, -0.2) is 8.42 Å². The van der Waals surface area contributed by atoms with E-state index in [4.69, 9.17) is 0 Å². The number of sulfone groups is 1. The molecule has 0 N–H and O–H groups in total. The van der Waals surface area contributed by atoms with Crippen LogP contribution in [0.4, 0.5) is 0 Å². The minimum atomic E-state index is -3.40. The summed E-state index contributed by atoms with van der Waals surface area (Å²) in [5, 5.41) is 0. The molecule has 18 heavy (non-hydrogen) atoms. The van der Waals surface area contributed by atoms with Crippen LogP contribution in [0, 0.1) is 0 Å². The Morgan fingerprint density at radius 2 is 2.06 bits per heavy atom. The molecule has 0 bridgehead atoms. The topological polar surface area (TPSA) is 34.1 Å². The summed E-state index contributed by atoms with van der Waals surface area (Å²) in [5.41, 5.74) is 1.38. The van der Waals surface area contributed by atoms with Crippen molar-refractivity contribution in [3.63, 3.8) is 0 Å². The van der Waals surface area contributed by atoms with E-state index in [1.54, 1.807) is 31.2 Å². The van der Waals surface area contributed by atoms with Gasteiger partial charge in [-0.2, -0.15) is 0 Å². The minimum absolute atomic E-state index is 0.330. The van der Waals surface area contributed by atoms with E-state index >= 15 is 0 Å². The van der Waals surface area contributed by atoms with Crippen LogP contribution in [0.15, 0.2) is 55.7 Å². The summed E-state index contributed by atoms with van der Waals surface area (Å²) in [4.78, 5) is 0.676. The second kappa shape index (κ2) is 4.79. The Kier molecular flexibility index (Phi) is 3.67. The highest BCUT2D eigenvalue weighted by atomic mass is 79.9. The zero-order chi connectivity index (χ0) is 13.5. The van der Waals surface area contributed by atoms with Crippen molar-refractivity contribution < 1.29 is 8.42 Å². The average Bonchev–Trinajstić information content (AvgIpc) is 2.46. The number of hydrogen-bond acceptors (Lipinski definition) is 2. The summed E-state index contributed by atoms with van der Waals surface area (Å²) < 4.78 is 26.2. The average molecular weight is 390 g/mol. The summed E-state index contributed by atoms with van der Waals surface area (Å²) >= 11 is 6.61. The molecule has 0 unspecified atom stereocenters. The van der Waals surface area contributed by atoms with Crippen molar-refractivity contribution in [2.75, 3.05) is 0 Å². The maximum atomic E-state index is 12.3. The predicted molar refractivity (Wildman–Crippen MR) is 81.1 cm³/mol. The molecule has 0 radical (unpaired) electrons. The van der Waals surface area contributed by atoms with Crippen molar-refractivity contribution in [1.82, 2.24) is 0 Å². The van der Waals surface area contributed by atoms with Crippen molar-refractivity contribution in [1.29, 1.82) is 0 Å². The first-order valence-corrected chi connectivity index (χ1v) is 8.22. The molecule has 1 heterocycles. The fourth-order valence-corrected chi connectivity index (χ4v) is 4.26. The van der Waals surface area contributed by atoms with Crippen molar-refractivity contribution in [3.8, 4) is 0 Å². The molecule has 0 atom stereocenters. The summed E-state index contributed by atoms with van der Waals surface area (Å²) in [6.07, 6.45) is 3.34. The van der Waals surface area contributed by atoms with E-state index in [1.165, 1.54) is 0 Å². The van der Waals surface area contributed by atoms with Crippen LogP contribution >= 0.6 is 31.9 Å². The summed E-state index contributed by atoms with van der Waals surface area (Å²) in [6.45, 7) is 5.46. The van der Waals surface area contributed by atoms with E-state index in [1.807, 2.05) is 6.07 Å². The van der Waals surface area contributed by atoms with Crippen LogP contribution < -0.4 is 0 Å². The molecular weight excluding hydrogens is 380 g/mol. The molecule has 2 rings (SSSR count). The second-order valence-corrected chi connectivity index (χ2v) is 7.62. The first-order chi connectivity index (χ1) is 8.37. The van der Waals surface area contributed by atoms with E-state index in [9.17, 15) is 8.42 Å². The van der Waals surface area contributed by atoms with E-state index in [2.05, 4.69) is 38.4 Å². The molecule has 1 aliphatic heterocycles. The highest BCUT2D eigenvalue weighted by Crippen LogP contribution is 2.44. The van der Waals surface area contributed by atoms with E-state index in [0.29, 0.717) is 25.4 Å². The fraction of sp³-hybridized carbons (Fsp3) is 0.0769. The lowest BCUT2D eigenvalue weighted by atomic mass is 10.1. The van der Waals surface area contributed by atoms with Crippen LogP contribution in [0.5, 0.6) is 0 Å². The number of benzene rings is 1. The van der Waals surface area contributed by atoms with Gasteiger partial charge in [0.1, 0.15) is 0 Å². The van der Waals surface area contributed by atoms with Gasteiger partial charge in [-0.15, -0.1) is 0 Å². The number of allylic oxidation sites excluding steroid dienone is 4. The van der Waals surface area contributed by atoms with Gasteiger partial charge >= 0.3 is 0 Å². The molecule has 5 heteroatoms. The quantitative estimate of drug-likeness (QED) is 0.711. The Labute approximate surface area is 123 Å². The molecule has 94 valence electrons. The van der Waals surface area contributed by atoms with Gasteiger partial charge in [-0.25, -0.2) is 8.42 Å². The Morgan fingerprint density at radius 1 is 1.39 bits per heavy atom. The molecular formula is C13H10Br2O2S. The van der Waals surface area contributed by atoms with Gasteiger partial charge < -0.3 is 0 Å². The van der Waals surface area contributed by atoms with Gasteiger partial charge in [0.2, 0.25) is 9.84 Å². The highest BCUT2D eigenvalue weighted by molar-refractivity contribution is 9.11.